The van der Waals surface area contributed by atoms with Crippen molar-refractivity contribution in [1.29, 1.82) is 0 Å². The van der Waals surface area contributed by atoms with Crippen LogP contribution in [0.4, 0.5) is 0 Å². The van der Waals surface area contributed by atoms with Crippen LogP contribution in [-0.4, -0.2) is 48.7 Å². The fraction of sp³-hybridized carbons (Fsp3) is 0.889. The summed E-state index contributed by atoms with van der Waals surface area (Å²) in [7, 11) is 2.02. The Morgan fingerprint density at radius 3 is 2.87 bits per heavy atom. The van der Waals surface area contributed by atoms with Crippen molar-refractivity contribution in [3.8, 4) is 0 Å². The molecular weight excluding hydrogens is 422 g/mol. The van der Waals surface area contributed by atoms with E-state index in [1.807, 2.05) is 7.05 Å². The summed E-state index contributed by atoms with van der Waals surface area (Å²) in [5.41, 5.74) is 0. The van der Waals surface area contributed by atoms with Crippen molar-refractivity contribution < 1.29 is 31.1 Å². The number of hydrogen-bond acceptors (Lipinski definition) is 3. The van der Waals surface area contributed by atoms with Gasteiger partial charge in [0.25, 0.3) is 0 Å². The number of halogens is 2. The van der Waals surface area contributed by atoms with E-state index in [2.05, 4.69) is 36.2 Å². The molecule has 1 aliphatic rings. The molecule has 3 atom stereocenters. The minimum absolute atomic E-state index is 0.311. The summed E-state index contributed by atoms with van der Waals surface area (Å²) in [6.45, 7) is 0. The number of carboxylic acids is 1. The van der Waals surface area contributed by atoms with Crippen LogP contribution in [-0.2, 0) is 4.79 Å². The molecule has 15 heavy (non-hydrogen) atoms. The normalized spacial score (nSPS) is 31.3. The molecule has 0 aromatic carbocycles. The Labute approximate surface area is 115 Å². The SMILES string of the molecule is C[I-]CCC1NC(C(=O)O)CC1N(C)I. The van der Waals surface area contributed by atoms with E-state index in [0.717, 1.165) is 12.8 Å². The van der Waals surface area contributed by atoms with E-state index < -0.39 is 5.97 Å². The zero-order chi connectivity index (χ0) is 11.4. The van der Waals surface area contributed by atoms with Crippen LogP contribution in [0, 0.1) is 0 Å². The van der Waals surface area contributed by atoms with Crippen LogP contribution in [0.15, 0.2) is 0 Å². The number of aliphatic carboxylic acids is 1. The molecule has 0 amide bonds. The summed E-state index contributed by atoms with van der Waals surface area (Å²) in [5.74, 6) is -0.716. The van der Waals surface area contributed by atoms with E-state index >= 15 is 0 Å². The van der Waals surface area contributed by atoms with Gasteiger partial charge in [-0.3, -0.25) is 0 Å². The molecule has 90 valence electrons. The van der Waals surface area contributed by atoms with E-state index in [9.17, 15) is 4.79 Å². The molecule has 0 radical (unpaired) electrons. The molecule has 3 unspecified atom stereocenters. The maximum absolute atomic E-state index is 10.9. The van der Waals surface area contributed by atoms with E-state index in [0.29, 0.717) is 33.3 Å². The number of hydrogen-bond donors (Lipinski definition) is 2. The van der Waals surface area contributed by atoms with E-state index in [-0.39, 0.29) is 6.04 Å². The van der Waals surface area contributed by atoms with Gasteiger partial charge in [-0.25, -0.2) is 0 Å². The van der Waals surface area contributed by atoms with Gasteiger partial charge >= 0.3 is 116 Å². The Hall–Kier alpha value is 0.850. The van der Waals surface area contributed by atoms with Crippen molar-refractivity contribution in [3.05, 3.63) is 0 Å². The summed E-state index contributed by atoms with van der Waals surface area (Å²) >= 11 is 2.57. The standard InChI is InChI=1S/C9H17I2N2O2/c1-11-4-3-6-8(13(2)10)5-7(12-6)9(14)15/h6-8,12H,3-5H2,1-2H3,(H,14,15)/q-1. The number of nitrogens with zero attached hydrogens (tertiary/aromatic N) is 1. The molecule has 1 heterocycles. The van der Waals surface area contributed by atoms with Crippen molar-refractivity contribution in [2.45, 2.75) is 31.0 Å². The summed E-state index contributed by atoms with van der Waals surface area (Å²) in [4.78, 5) is 13.2. The van der Waals surface area contributed by atoms with Crippen molar-refractivity contribution in [2.75, 3.05) is 16.4 Å². The molecule has 1 fully saturated rings. The average molecular weight is 439 g/mol. The summed E-state index contributed by atoms with van der Waals surface area (Å²) in [6, 6.07) is 0.363. The van der Waals surface area contributed by atoms with Crippen LogP contribution >= 0.6 is 22.9 Å². The molecule has 0 saturated carbocycles. The molecular formula is C9H17I2N2O2-. The van der Waals surface area contributed by atoms with Gasteiger partial charge in [-0.15, -0.1) is 0 Å². The second-order valence-corrected chi connectivity index (χ2v) is 7.86. The molecule has 0 spiro atoms. The molecule has 0 bridgehead atoms. The number of alkyl halides is 2. The molecule has 2 N–H and O–H groups in total. The first-order valence-electron chi connectivity index (χ1n) is 4.87. The third-order valence-corrected chi connectivity index (χ3v) is 5.14. The molecule has 1 aliphatic heterocycles. The molecule has 1 rings (SSSR count). The van der Waals surface area contributed by atoms with Crippen LogP contribution in [0.5, 0.6) is 0 Å². The number of carboxylic acid groups (broad SMARTS) is 1. The quantitative estimate of drug-likeness (QED) is 0.284. The monoisotopic (exact) mass is 439 g/mol. The van der Waals surface area contributed by atoms with Gasteiger partial charge in [0.15, 0.2) is 0 Å². The van der Waals surface area contributed by atoms with Gasteiger partial charge in [-0.1, -0.05) is 0 Å². The molecule has 0 aliphatic carbocycles. The number of rotatable bonds is 5. The second kappa shape index (κ2) is 6.55. The van der Waals surface area contributed by atoms with Crippen LogP contribution < -0.4 is 26.5 Å². The van der Waals surface area contributed by atoms with E-state index in [1.165, 1.54) is 4.43 Å². The molecule has 0 aromatic heterocycles. The Bertz CT molecular complexity index is 226. The zero-order valence-corrected chi connectivity index (χ0v) is 13.2. The van der Waals surface area contributed by atoms with E-state index in [4.69, 9.17) is 5.11 Å². The third kappa shape index (κ3) is 3.97. The number of likely N-dealkylation sites (N-methyl/N-ethyl adjacent to an activating group) is 1. The topological polar surface area (TPSA) is 52.6 Å². The van der Waals surface area contributed by atoms with Crippen LogP contribution in [0.1, 0.15) is 12.8 Å². The van der Waals surface area contributed by atoms with Gasteiger partial charge in [-0.05, 0) is 0 Å². The van der Waals surface area contributed by atoms with Gasteiger partial charge in [0.2, 0.25) is 0 Å². The maximum atomic E-state index is 10.9. The first kappa shape index (κ1) is 13.9. The van der Waals surface area contributed by atoms with Crippen LogP contribution in [0.25, 0.3) is 0 Å². The fourth-order valence-electron chi connectivity index (χ4n) is 1.91. The van der Waals surface area contributed by atoms with Crippen LogP contribution in [0.2, 0.25) is 0 Å². The van der Waals surface area contributed by atoms with Gasteiger partial charge < -0.3 is 0 Å². The predicted molar refractivity (Wildman–Crippen MR) is 63.9 cm³/mol. The third-order valence-electron chi connectivity index (χ3n) is 2.72. The van der Waals surface area contributed by atoms with Gasteiger partial charge in [0.1, 0.15) is 0 Å². The Kier molecular flexibility index (Phi) is 6.08. The Morgan fingerprint density at radius 2 is 2.40 bits per heavy atom. The summed E-state index contributed by atoms with van der Waals surface area (Å²) in [5, 5.41) is 12.2. The zero-order valence-electron chi connectivity index (χ0n) is 8.91. The molecule has 6 heteroatoms. The fourth-order valence-corrected chi connectivity index (χ4v) is 3.82. The predicted octanol–water partition coefficient (Wildman–Crippen LogP) is -2.44. The summed E-state index contributed by atoms with van der Waals surface area (Å²) in [6.07, 6.45) is 1.84. The first-order valence-corrected chi connectivity index (χ1v) is 9.52. The minimum atomic E-state index is -0.716. The van der Waals surface area contributed by atoms with Gasteiger partial charge in [0, 0.05) is 0 Å². The molecule has 4 nitrogen and oxygen atoms in total. The van der Waals surface area contributed by atoms with E-state index in [1.54, 1.807) is 0 Å². The van der Waals surface area contributed by atoms with Crippen molar-refractivity contribution in [2.24, 2.45) is 0 Å². The summed E-state index contributed by atoms with van der Waals surface area (Å²) < 4.78 is 3.39. The second-order valence-electron chi connectivity index (χ2n) is 3.74. The van der Waals surface area contributed by atoms with Gasteiger partial charge in [-0.2, -0.15) is 0 Å². The molecule has 0 aromatic rings. The van der Waals surface area contributed by atoms with Crippen LogP contribution in [0.3, 0.4) is 0 Å². The van der Waals surface area contributed by atoms with Gasteiger partial charge in [0.05, 0.1) is 0 Å². The van der Waals surface area contributed by atoms with Crippen molar-refractivity contribution >= 4 is 28.8 Å². The average Bonchev–Trinajstić information content (AvgIpc) is 2.58. The number of nitrogens with one attached hydrogen (secondary N) is 1. The molecule has 1 saturated heterocycles. The number of carbonyl (C=O) groups is 1. The van der Waals surface area contributed by atoms with Crippen molar-refractivity contribution in [3.63, 3.8) is 0 Å². The Morgan fingerprint density at radius 1 is 1.73 bits per heavy atom. The first-order chi connectivity index (χ1) is 7.06. The Balaban J connectivity index is 2.55. The van der Waals surface area contributed by atoms with Crippen molar-refractivity contribution in [1.82, 2.24) is 8.43 Å².